The minimum atomic E-state index is -1.69. The summed E-state index contributed by atoms with van der Waals surface area (Å²) in [5.41, 5.74) is -2.43. The normalized spacial score (nSPS) is 19.6. The SMILES string of the molecule is CCOC(=O)C1(C(=O)OCC)N(C(C)=O)CCC1(C)C. The number of hydrogen-bond donors (Lipinski definition) is 0. The van der Waals surface area contributed by atoms with Crippen LogP contribution in [0.25, 0.3) is 0 Å². The van der Waals surface area contributed by atoms with E-state index in [-0.39, 0.29) is 19.1 Å². The molecule has 0 bridgehead atoms. The van der Waals surface area contributed by atoms with Gasteiger partial charge >= 0.3 is 11.9 Å². The van der Waals surface area contributed by atoms with E-state index < -0.39 is 22.9 Å². The number of likely N-dealkylation sites (tertiary alicyclic amines) is 1. The van der Waals surface area contributed by atoms with Crippen LogP contribution in [0.15, 0.2) is 0 Å². The van der Waals surface area contributed by atoms with Gasteiger partial charge in [-0.25, -0.2) is 9.59 Å². The fourth-order valence-electron chi connectivity index (χ4n) is 2.83. The summed E-state index contributed by atoms with van der Waals surface area (Å²) in [7, 11) is 0. The van der Waals surface area contributed by atoms with Crippen LogP contribution in [0, 0.1) is 5.41 Å². The molecule has 6 nitrogen and oxygen atoms in total. The number of hydrogen-bond acceptors (Lipinski definition) is 5. The average molecular weight is 285 g/mol. The van der Waals surface area contributed by atoms with Crippen LogP contribution in [0.4, 0.5) is 0 Å². The number of amides is 1. The third kappa shape index (κ3) is 2.27. The Bertz CT molecular complexity index is 398. The molecule has 0 unspecified atom stereocenters. The van der Waals surface area contributed by atoms with Crippen molar-refractivity contribution in [1.82, 2.24) is 4.90 Å². The number of rotatable bonds is 4. The molecule has 114 valence electrons. The van der Waals surface area contributed by atoms with Gasteiger partial charge in [-0.1, -0.05) is 13.8 Å². The fraction of sp³-hybridized carbons (Fsp3) is 0.786. The van der Waals surface area contributed by atoms with Gasteiger partial charge < -0.3 is 14.4 Å². The third-order valence-corrected chi connectivity index (χ3v) is 3.87. The van der Waals surface area contributed by atoms with Crippen LogP contribution < -0.4 is 0 Å². The number of esters is 2. The summed E-state index contributed by atoms with van der Waals surface area (Å²) in [6.45, 7) is 8.85. The van der Waals surface area contributed by atoms with E-state index in [9.17, 15) is 14.4 Å². The van der Waals surface area contributed by atoms with Gasteiger partial charge in [-0.05, 0) is 20.3 Å². The van der Waals surface area contributed by atoms with Crippen LogP contribution in [-0.2, 0) is 23.9 Å². The average Bonchev–Trinajstić information content (AvgIpc) is 2.62. The third-order valence-electron chi connectivity index (χ3n) is 3.87. The first-order chi connectivity index (χ1) is 9.25. The Morgan fingerprint density at radius 1 is 1.05 bits per heavy atom. The maximum absolute atomic E-state index is 12.5. The topological polar surface area (TPSA) is 72.9 Å². The van der Waals surface area contributed by atoms with E-state index >= 15 is 0 Å². The van der Waals surface area contributed by atoms with Crippen molar-refractivity contribution in [3.8, 4) is 0 Å². The molecule has 20 heavy (non-hydrogen) atoms. The van der Waals surface area contributed by atoms with Gasteiger partial charge in [0, 0.05) is 18.9 Å². The molecule has 0 radical (unpaired) electrons. The Morgan fingerprint density at radius 3 is 1.85 bits per heavy atom. The van der Waals surface area contributed by atoms with Crippen molar-refractivity contribution in [2.24, 2.45) is 5.41 Å². The Labute approximate surface area is 119 Å². The van der Waals surface area contributed by atoms with Gasteiger partial charge in [0.1, 0.15) is 0 Å². The van der Waals surface area contributed by atoms with Crippen LogP contribution >= 0.6 is 0 Å². The molecule has 0 aromatic rings. The molecule has 0 saturated carbocycles. The molecular weight excluding hydrogens is 262 g/mol. The smallest absolute Gasteiger partial charge is 0.344 e. The van der Waals surface area contributed by atoms with Gasteiger partial charge in [0.05, 0.1) is 13.2 Å². The lowest BCUT2D eigenvalue weighted by atomic mass is 9.72. The zero-order valence-electron chi connectivity index (χ0n) is 12.8. The van der Waals surface area contributed by atoms with Gasteiger partial charge in [-0.2, -0.15) is 0 Å². The summed E-state index contributed by atoms with van der Waals surface area (Å²) in [5, 5.41) is 0. The number of carbonyl (C=O) groups excluding carboxylic acids is 3. The fourth-order valence-corrected chi connectivity index (χ4v) is 2.83. The lowest BCUT2D eigenvalue weighted by Gasteiger charge is -2.41. The Balaban J connectivity index is 3.41. The first kappa shape index (κ1) is 16.5. The highest BCUT2D eigenvalue weighted by Crippen LogP contribution is 2.47. The quantitative estimate of drug-likeness (QED) is 0.572. The van der Waals surface area contributed by atoms with E-state index in [1.165, 1.54) is 11.8 Å². The highest BCUT2D eigenvalue weighted by molar-refractivity contribution is 6.09. The van der Waals surface area contributed by atoms with Crippen LogP contribution in [0.5, 0.6) is 0 Å². The lowest BCUT2D eigenvalue weighted by Crippen LogP contribution is -2.65. The zero-order chi connectivity index (χ0) is 15.6. The van der Waals surface area contributed by atoms with Crippen molar-refractivity contribution in [1.29, 1.82) is 0 Å². The van der Waals surface area contributed by atoms with Gasteiger partial charge in [-0.15, -0.1) is 0 Å². The Morgan fingerprint density at radius 2 is 1.50 bits per heavy atom. The summed E-state index contributed by atoms with van der Waals surface area (Å²) in [4.78, 5) is 38.2. The molecule has 1 aliphatic heterocycles. The maximum Gasteiger partial charge on any atom is 0.344 e. The minimum absolute atomic E-state index is 0.141. The first-order valence-corrected chi connectivity index (χ1v) is 6.88. The van der Waals surface area contributed by atoms with E-state index in [1.54, 1.807) is 27.7 Å². The summed E-state index contributed by atoms with van der Waals surface area (Å²) in [6.07, 6.45) is 0.532. The highest BCUT2D eigenvalue weighted by atomic mass is 16.6. The van der Waals surface area contributed by atoms with Crippen LogP contribution in [0.2, 0.25) is 0 Å². The van der Waals surface area contributed by atoms with Crippen LogP contribution in [0.1, 0.15) is 41.0 Å². The molecule has 1 amide bonds. The predicted octanol–water partition coefficient (Wildman–Crippen LogP) is 1.13. The van der Waals surface area contributed by atoms with E-state index in [1.807, 2.05) is 0 Å². The summed E-state index contributed by atoms with van der Waals surface area (Å²) in [6, 6.07) is 0. The molecule has 1 rings (SSSR count). The molecule has 0 aromatic heterocycles. The van der Waals surface area contributed by atoms with Crippen molar-refractivity contribution in [3.05, 3.63) is 0 Å². The molecule has 0 spiro atoms. The number of ether oxygens (including phenoxy) is 2. The largest absolute Gasteiger partial charge is 0.464 e. The van der Waals surface area contributed by atoms with Gasteiger partial charge in [-0.3, -0.25) is 4.79 Å². The van der Waals surface area contributed by atoms with Crippen molar-refractivity contribution in [2.45, 2.75) is 46.6 Å². The molecule has 6 heteroatoms. The maximum atomic E-state index is 12.5. The highest BCUT2D eigenvalue weighted by Gasteiger charge is 2.67. The molecule has 1 heterocycles. The van der Waals surface area contributed by atoms with Crippen molar-refractivity contribution >= 4 is 17.8 Å². The van der Waals surface area contributed by atoms with E-state index in [4.69, 9.17) is 9.47 Å². The lowest BCUT2D eigenvalue weighted by molar-refractivity contribution is -0.182. The molecule has 0 atom stereocenters. The van der Waals surface area contributed by atoms with Crippen molar-refractivity contribution in [3.63, 3.8) is 0 Å². The second-order valence-electron chi connectivity index (χ2n) is 5.46. The van der Waals surface area contributed by atoms with Crippen molar-refractivity contribution < 1.29 is 23.9 Å². The van der Waals surface area contributed by atoms with Crippen LogP contribution in [-0.4, -0.2) is 48.0 Å². The van der Waals surface area contributed by atoms with Crippen LogP contribution in [0.3, 0.4) is 0 Å². The van der Waals surface area contributed by atoms with Gasteiger partial charge in [0.15, 0.2) is 0 Å². The second-order valence-corrected chi connectivity index (χ2v) is 5.46. The zero-order valence-corrected chi connectivity index (χ0v) is 12.8. The van der Waals surface area contributed by atoms with E-state index in [0.717, 1.165) is 0 Å². The minimum Gasteiger partial charge on any atom is -0.464 e. The van der Waals surface area contributed by atoms with Gasteiger partial charge in [0.2, 0.25) is 11.4 Å². The molecule has 1 aliphatic rings. The molecule has 1 saturated heterocycles. The number of carbonyl (C=O) groups is 3. The molecule has 0 aliphatic carbocycles. The molecule has 0 aromatic carbocycles. The van der Waals surface area contributed by atoms with E-state index in [0.29, 0.717) is 13.0 Å². The molecular formula is C14H23NO5. The number of nitrogens with zero attached hydrogens (tertiary/aromatic N) is 1. The molecule has 0 N–H and O–H groups in total. The van der Waals surface area contributed by atoms with Gasteiger partial charge in [0.25, 0.3) is 0 Å². The monoisotopic (exact) mass is 285 g/mol. The molecule has 1 fully saturated rings. The summed E-state index contributed by atoms with van der Waals surface area (Å²) >= 11 is 0. The van der Waals surface area contributed by atoms with E-state index in [2.05, 4.69) is 0 Å². The Hall–Kier alpha value is -1.59. The summed E-state index contributed by atoms with van der Waals surface area (Å²) in [5.74, 6) is -1.76. The summed E-state index contributed by atoms with van der Waals surface area (Å²) < 4.78 is 10.2. The Kier molecular flexibility index (Phi) is 4.78. The van der Waals surface area contributed by atoms with Crippen molar-refractivity contribution in [2.75, 3.05) is 19.8 Å². The predicted molar refractivity (Wildman–Crippen MR) is 71.8 cm³/mol. The second kappa shape index (κ2) is 5.81. The first-order valence-electron chi connectivity index (χ1n) is 6.88. The standard InChI is InChI=1S/C14H23NO5/c1-6-19-11(17)14(12(18)20-7-2)13(4,5)8-9-15(14)10(3)16/h6-9H2,1-5H3.